The van der Waals surface area contributed by atoms with Crippen LogP contribution in [-0.2, 0) is 16.0 Å². The van der Waals surface area contributed by atoms with Crippen molar-refractivity contribution in [2.24, 2.45) is 0 Å². The number of aromatic nitrogens is 1. The number of rotatable bonds is 11. The fourth-order valence-corrected chi connectivity index (χ4v) is 4.11. The molecule has 6 nitrogen and oxygen atoms in total. The standard InChI is InChI=1S/C30H37F2N3O3/c1-6-23(29(36)34-25-9-7-8-22(16-25)10-11-28(31)32)17-26(20(2)3)24-18-27(35-12-14-37-15-13-35)30(33-19-24)38-21(4)5/h6-9,16-19,21,28H,1,10-15H2,2-5H3,(H,34,36)/b23-17+. The summed E-state index contributed by atoms with van der Waals surface area (Å²) in [4.78, 5) is 20.0. The molecule has 1 amide bonds. The second kappa shape index (κ2) is 13.9. The molecule has 1 aromatic carbocycles. The van der Waals surface area contributed by atoms with Crippen molar-refractivity contribution in [2.45, 2.75) is 53.1 Å². The molecule has 0 saturated carbocycles. The molecule has 3 rings (SSSR count). The van der Waals surface area contributed by atoms with E-state index in [1.807, 2.05) is 33.8 Å². The van der Waals surface area contributed by atoms with Crippen molar-refractivity contribution in [3.63, 3.8) is 0 Å². The maximum Gasteiger partial charge on any atom is 0.255 e. The zero-order valence-corrected chi connectivity index (χ0v) is 22.6. The molecule has 1 aliphatic heterocycles. The Morgan fingerprint density at radius 1 is 1.24 bits per heavy atom. The summed E-state index contributed by atoms with van der Waals surface area (Å²) in [5.41, 5.74) is 5.23. The largest absolute Gasteiger partial charge is 0.473 e. The highest BCUT2D eigenvalue weighted by Gasteiger charge is 2.20. The first-order valence-corrected chi connectivity index (χ1v) is 12.9. The number of carbonyl (C=O) groups excluding carboxylic acids is 1. The van der Waals surface area contributed by atoms with Crippen LogP contribution in [0.5, 0.6) is 5.88 Å². The van der Waals surface area contributed by atoms with Crippen molar-refractivity contribution in [1.82, 2.24) is 4.98 Å². The van der Waals surface area contributed by atoms with Gasteiger partial charge in [-0.3, -0.25) is 4.79 Å². The van der Waals surface area contributed by atoms with E-state index in [1.54, 1.807) is 36.5 Å². The van der Waals surface area contributed by atoms with Crippen LogP contribution in [0, 0.1) is 0 Å². The van der Waals surface area contributed by atoms with E-state index in [-0.39, 0.29) is 24.9 Å². The van der Waals surface area contributed by atoms with Crippen molar-refractivity contribution in [2.75, 3.05) is 36.5 Å². The smallest absolute Gasteiger partial charge is 0.255 e. The van der Waals surface area contributed by atoms with Gasteiger partial charge in [0.15, 0.2) is 0 Å². The molecule has 0 unspecified atom stereocenters. The highest BCUT2D eigenvalue weighted by Crippen LogP contribution is 2.33. The zero-order valence-electron chi connectivity index (χ0n) is 22.6. The van der Waals surface area contributed by atoms with Crippen molar-refractivity contribution < 1.29 is 23.0 Å². The lowest BCUT2D eigenvalue weighted by Gasteiger charge is -2.30. The maximum atomic E-state index is 13.1. The van der Waals surface area contributed by atoms with Crippen LogP contribution in [0.3, 0.4) is 0 Å². The number of nitrogens with one attached hydrogen (secondary N) is 1. The summed E-state index contributed by atoms with van der Waals surface area (Å²) in [5.74, 6) is 0.224. The minimum Gasteiger partial charge on any atom is -0.473 e. The number of halogens is 2. The zero-order chi connectivity index (χ0) is 27.7. The second-order valence-corrected chi connectivity index (χ2v) is 9.62. The van der Waals surface area contributed by atoms with Gasteiger partial charge in [-0.1, -0.05) is 30.4 Å². The molecule has 1 N–H and O–H groups in total. The molecule has 204 valence electrons. The predicted octanol–water partition coefficient (Wildman–Crippen LogP) is 6.45. The van der Waals surface area contributed by atoms with E-state index in [9.17, 15) is 13.6 Å². The van der Waals surface area contributed by atoms with Gasteiger partial charge in [0.1, 0.15) is 5.69 Å². The number of amides is 1. The predicted molar refractivity (Wildman–Crippen MR) is 149 cm³/mol. The third-order valence-corrected chi connectivity index (χ3v) is 6.00. The molecular formula is C30H37F2N3O3. The van der Waals surface area contributed by atoms with Gasteiger partial charge in [0, 0.05) is 42.5 Å². The van der Waals surface area contributed by atoms with E-state index < -0.39 is 6.43 Å². The van der Waals surface area contributed by atoms with Gasteiger partial charge >= 0.3 is 0 Å². The first-order valence-electron chi connectivity index (χ1n) is 12.9. The third-order valence-electron chi connectivity index (χ3n) is 6.00. The van der Waals surface area contributed by atoms with Gasteiger partial charge in [-0.2, -0.15) is 0 Å². The number of pyridine rings is 1. The molecule has 8 heteroatoms. The topological polar surface area (TPSA) is 63.7 Å². The first-order chi connectivity index (χ1) is 18.2. The Bertz CT molecular complexity index is 1180. The van der Waals surface area contributed by atoms with Crippen LogP contribution in [0.4, 0.5) is 20.2 Å². The lowest BCUT2D eigenvalue weighted by Crippen LogP contribution is -2.36. The number of ether oxygens (including phenoxy) is 2. The molecule has 38 heavy (non-hydrogen) atoms. The normalized spacial score (nSPS) is 14.0. The molecular weight excluding hydrogens is 488 g/mol. The number of aryl methyl sites for hydroxylation is 1. The van der Waals surface area contributed by atoms with E-state index in [4.69, 9.17) is 9.47 Å². The molecule has 0 atom stereocenters. The van der Waals surface area contributed by atoms with E-state index in [0.717, 1.165) is 41.1 Å². The van der Waals surface area contributed by atoms with E-state index in [1.165, 1.54) is 6.08 Å². The van der Waals surface area contributed by atoms with Gasteiger partial charge in [0.25, 0.3) is 5.91 Å². The molecule has 0 spiro atoms. The number of anilines is 2. The minimum atomic E-state index is -2.37. The Kier molecular flexibility index (Phi) is 10.6. The first kappa shape index (κ1) is 29.0. The molecule has 0 aliphatic carbocycles. The molecule has 1 fully saturated rings. The van der Waals surface area contributed by atoms with Gasteiger partial charge in [0.05, 0.1) is 19.3 Å². The maximum absolute atomic E-state index is 13.1. The van der Waals surface area contributed by atoms with Crippen LogP contribution < -0.4 is 15.0 Å². The van der Waals surface area contributed by atoms with Gasteiger partial charge in [-0.05, 0) is 69.5 Å². The Balaban J connectivity index is 1.89. The van der Waals surface area contributed by atoms with Gasteiger partial charge < -0.3 is 19.7 Å². The Morgan fingerprint density at radius 3 is 2.61 bits per heavy atom. The van der Waals surface area contributed by atoms with Crippen LogP contribution in [-0.4, -0.2) is 49.7 Å². The van der Waals surface area contributed by atoms with Crippen molar-refractivity contribution in [3.05, 3.63) is 77.5 Å². The number of carbonyl (C=O) groups is 1. The summed E-state index contributed by atoms with van der Waals surface area (Å²) in [6.45, 7) is 14.4. The fourth-order valence-electron chi connectivity index (χ4n) is 4.11. The minimum absolute atomic E-state index is 0.0269. The molecule has 2 aromatic rings. The number of alkyl halides is 2. The number of hydrogen-bond donors (Lipinski definition) is 1. The van der Waals surface area contributed by atoms with Crippen molar-refractivity contribution in [1.29, 1.82) is 0 Å². The van der Waals surface area contributed by atoms with E-state index in [2.05, 4.69) is 21.8 Å². The van der Waals surface area contributed by atoms with Crippen LogP contribution in [0.25, 0.3) is 5.57 Å². The summed E-state index contributed by atoms with van der Waals surface area (Å²) < 4.78 is 36.7. The van der Waals surface area contributed by atoms with Crippen LogP contribution >= 0.6 is 0 Å². The molecule has 1 aliphatic rings. The monoisotopic (exact) mass is 525 g/mol. The number of benzene rings is 1. The number of nitrogens with zero attached hydrogens (tertiary/aromatic N) is 2. The highest BCUT2D eigenvalue weighted by molar-refractivity contribution is 6.07. The summed E-state index contributed by atoms with van der Waals surface area (Å²) >= 11 is 0. The lowest BCUT2D eigenvalue weighted by atomic mass is 9.99. The average molecular weight is 526 g/mol. The quantitative estimate of drug-likeness (QED) is 0.270. The highest BCUT2D eigenvalue weighted by atomic mass is 19.3. The molecule has 0 radical (unpaired) electrons. The number of morpholine rings is 1. The Labute approximate surface area is 224 Å². The van der Waals surface area contributed by atoms with Gasteiger partial charge in [0.2, 0.25) is 12.3 Å². The van der Waals surface area contributed by atoms with Gasteiger partial charge in [-0.15, -0.1) is 0 Å². The molecule has 1 aromatic heterocycles. The van der Waals surface area contributed by atoms with Crippen molar-refractivity contribution in [3.8, 4) is 5.88 Å². The SMILES string of the molecule is C=C/C(=C\C(=C(C)C)c1cnc(OC(C)C)c(N2CCOCC2)c1)C(=O)Nc1cccc(CCC(F)F)c1. The summed E-state index contributed by atoms with van der Waals surface area (Å²) in [6.07, 6.45) is 2.68. The summed E-state index contributed by atoms with van der Waals surface area (Å²) in [6, 6.07) is 9.01. The lowest BCUT2D eigenvalue weighted by molar-refractivity contribution is -0.112. The summed E-state index contributed by atoms with van der Waals surface area (Å²) in [7, 11) is 0. The molecule has 2 heterocycles. The Hall–Kier alpha value is -3.52. The molecule has 0 bridgehead atoms. The Morgan fingerprint density at radius 2 is 1.97 bits per heavy atom. The van der Waals surface area contributed by atoms with E-state index >= 15 is 0 Å². The fraction of sp³-hybridized carbons (Fsp3) is 0.400. The summed E-state index contributed by atoms with van der Waals surface area (Å²) in [5, 5.41) is 2.86. The van der Waals surface area contributed by atoms with Gasteiger partial charge in [-0.25, -0.2) is 13.8 Å². The van der Waals surface area contributed by atoms with E-state index in [0.29, 0.717) is 30.4 Å². The van der Waals surface area contributed by atoms with Crippen LogP contribution in [0.1, 0.15) is 45.2 Å². The molecule has 1 saturated heterocycles. The van der Waals surface area contributed by atoms with Crippen LogP contribution in [0.15, 0.2) is 66.4 Å². The third kappa shape index (κ3) is 8.25. The number of hydrogen-bond acceptors (Lipinski definition) is 5. The number of allylic oxidation sites excluding steroid dienone is 3. The second-order valence-electron chi connectivity index (χ2n) is 9.62. The van der Waals surface area contributed by atoms with Crippen LogP contribution in [0.2, 0.25) is 0 Å². The average Bonchev–Trinajstić information content (AvgIpc) is 2.88. The van der Waals surface area contributed by atoms with Crippen molar-refractivity contribution >= 4 is 22.9 Å².